The maximum Gasteiger partial charge on any atom is 0.348 e. The number of thiophene rings is 1. The molecule has 0 aliphatic carbocycles. The van der Waals surface area contributed by atoms with Crippen molar-refractivity contribution >= 4 is 33.3 Å². The summed E-state index contributed by atoms with van der Waals surface area (Å²) in [6.07, 6.45) is 4.79. The molecule has 0 aromatic carbocycles. The van der Waals surface area contributed by atoms with E-state index in [9.17, 15) is 4.79 Å². The third-order valence-corrected chi connectivity index (χ3v) is 5.18. The predicted octanol–water partition coefficient (Wildman–Crippen LogP) is 3.23. The van der Waals surface area contributed by atoms with E-state index in [4.69, 9.17) is 9.26 Å². The monoisotopic (exact) mass is 396 g/mol. The zero-order valence-electron chi connectivity index (χ0n) is 15.2. The van der Waals surface area contributed by atoms with Crippen LogP contribution in [-0.2, 0) is 11.3 Å². The molecule has 142 valence electrons. The minimum atomic E-state index is -0.354. The van der Waals surface area contributed by atoms with Gasteiger partial charge in [-0.3, -0.25) is 4.98 Å². The fourth-order valence-corrected chi connectivity index (χ4v) is 3.74. The lowest BCUT2D eigenvalue weighted by atomic mass is 10.2. The zero-order valence-corrected chi connectivity index (χ0v) is 16.0. The highest BCUT2D eigenvalue weighted by Gasteiger charge is 2.20. The number of nitrogens with one attached hydrogen (secondary N) is 1. The zero-order chi connectivity index (χ0) is 19.5. The number of pyridine rings is 1. The standard InChI is InChI=1S/C18H16N6O3S/c1-3-26-18(25)14-10(2)13-16(21-9-22-17(13)28-14)20-8-12-23-15(24-27-12)11-4-6-19-7-5-11/h4-7,9H,3,8H2,1-2H3,(H,20,21,22). The van der Waals surface area contributed by atoms with Gasteiger partial charge in [0.15, 0.2) is 0 Å². The molecule has 0 saturated carbocycles. The Morgan fingerprint density at radius 2 is 2.11 bits per heavy atom. The minimum Gasteiger partial charge on any atom is -0.462 e. The number of aromatic nitrogens is 5. The second kappa shape index (κ2) is 7.69. The van der Waals surface area contributed by atoms with Crippen LogP contribution < -0.4 is 5.32 Å². The average Bonchev–Trinajstić information content (AvgIpc) is 3.32. The van der Waals surface area contributed by atoms with Crippen LogP contribution in [0.1, 0.15) is 28.0 Å². The van der Waals surface area contributed by atoms with E-state index in [1.165, 1.54) is 17.7 Å². The van der Waals surface area contributed by atoms with Gasteiger partial charge in [-0.1, -0.05) is 5.16 Å². The molecule has 9 nitrogen and oxygen atoms in total. The third kappa shape index (κ3) is 3.41. The van der Waals surface area contributed by atoms with Crippen LogP contribution in [0.25, 0.3) is 21.6 Å². The van der Waals surface area contributed by atoms with Crippen molar-refractivity contribution in [3.05, 3.63) is 47.2 Å². The molecule has 0 saturated heterocycles. The summed E-state index contributed by atoms with van der Waals surface area (Å²) in [6, 6.07) is 3.61. The lowest BCUT2D eigenvalue weighted by Crippen LogP contribution is -2.04. The summed E-state index contributed by atoms with van der Waals surface area (Å²) in [6.45, 7) is 4.24. The first-order chi connectivity index (χ1) is 13.7. The Kier molecular flexibility index (Phi) is 4.94. The largest absolute Gasteiger partial charge is 0.462 e. The molecule has 0 atom stereocenters. The van der Waals surface area contributed by atoms with Gasteiger partial charge in [-0.2, -0.15) is 4.98 Å². The van der Waals surface area contributed by atoms with Gasteiger partial charge < -0.3 is 14.6 Å². The first-order valence-corrected chi connectivity index (χ1v) is 9.37. The van der Waals surface area contributed by atoms with E-state index in [0.717, 1.165) is 16.5 Å². The number of rotatable bonds is 6. The van der Waals surface area contributed by atoms with Gasteiger partial charge in [0.1, 0.15) is 21.9 Å². The predicted molar refractivity (Wildman–Crippen MR) is 103 cm³/mol. The smallest absolute Gasteiger partial charge is 0.348 e. The van der Waals surface area contributed by atoms with Crippen LogP contribution in [0.3, 0.4) is 0 Å². The van der Waals surface area contributed by atoms with Gasteiger partial charge in [-0.15, -0.1) is 11.3 Å². The number of ether oxygens (including phenoxy) is 1. The van der Waals surface area contributed by atoms with E-state index < -0.39 is 0 Å². The molecule has 4 aromatic heterocycles. The Balaban J connectivity index is 1.57. The normalized spacial score (nSPS) is 10.9. The number of anilines is 1. The fourth-order valence-electron chi connectivity index (χ4n) is 2.70. The van der Waals surface area contributed by atoms with Crippen LogP contribution in [0.15, 0.2) is 35.4 Å². The molecular weight excluding hydrogens is 380 g/mol. The SMILES string of the molecule is CCOC(=O)c1sc2ncnc(NCc3nc(-c4ccncc4)no3)c2c1C. The summed E-state index contributed by atoms with van der Waals surface area (Å²) in [5, 5.41) is 7.95. The molecule has 1 N–H and O–H groups in total. The molecule has 0 fully saturated rings. The molecule has 4 rings (SSSR count). The van der Waals surface area contributed by atoms with Crippen LogP contribution in [0.4, 0.5) is 5.82 Å². The molecule has 0 aliphatic rings. The summed E-state index contributed by atoms with van der Waals surface area (Å²) < 4.78 is 10.4. The van der Waals surface area contributed by atoms with E-state index in [2.05, 4.69) is 30.4 Å². The summed E-state index contributed by atoms with van der Waals surface area (Å²) in [5.41, 5.74) is 1.60. The molecule has 0 aliphatic heterocycles. The Morgan fingerprint density at radius 3 is 2.89 bits per heavy atom. The van der Waals surface area contributed by atoms with Crippen LogP contribution in [-0.4, -0.2) is 37.7 Å². The van der Waals surface area contributed by atoms with E-state index in [-0.39, 0.29) is 12.5 Å². The number of esters is 1. The van der Waals surface area contributed by atoms with E-state index in [0.29, 0.717) is 33.8 Å². The Bertz CT molecular complexity index is 1130. The maximum atomic E-state index is 12.1. The Morgan fingerprint density at radius 1 is 1.29 bits per heavy atom. The maximum absolute atomic E-state index is 12.1. The van der Waals surface area contributed by atoms with Crippen LogP contribution in [0.5, 0.6) is 0 Å². The van der Waals surface area contributed by atoms with Crippen molar-refractivity contribution in [2.75, 3.05) is 11.9 Å². The number of aryl methyl sites for hydroxylation is 1. The van der Waals surface area contributed by atoms with E-state index >= 15 is 0 Å². The number of carbonyl (C=O) groups excluding carboxylic acids is 1. The van der Waals surface area contributed by atoms with Crippen LogP contribution >= 0.6 is 11.3 Å². The van der Waals surface area contributed by atoms with Crippen molar-refractivity contribution in [2.24, 2.45) is 0 Å². The molecule has 4 heterocycles. The van der Waals surface area contributed by atoms with E-state index in [1.807, 2.05) is 19.1 Å². The number of hydrogen-bond donors (Lipinski definition) is 1. The van der Waals surface area contributed by atoms with Gasteiger partial charge in [0.2, 0.25) is 11.7 Å². The number of hydrogen-bond acceptors (Lipinski definition) is 10. The molecule has 28 heavy (non-hydrogen) atoms. The molecule has 0 bridgehead atoms. The van der Waals surface area contributed by atoms with Crippen LogP contribution in [0.2, 0.25) is 0 Å². The highest BCUT2D eigenvalue weighted by atomic mass is 32.1. The molecule has 0 spiro atoms. The molecule has 10 heteroatoms. The first-order valence-electron chi connectivity index (χ1n) is 8.55. The second-order valence-electron chi connectivity index (χ2n) is 5.78. The molecule has 0 unspecified atom stereocenters. The average molecular weight is 396 g/mol. The van der Waals surface area contributed by atoms with Gasteiger partial charge in [0.05, 0.1) is 18.5 Å². The topological polar surface area (TPSA) is 116 Å². The highest BCUT2D eigenvalue weighted by Crippen LogP contribution is 2.33. The highest BCUT2D eigenvalue weighted by molar-refractivity contribution is 7.20. The molecule has 0 radical (unpaired) electrons. The molecule has 0 amide bonds. The Labute approximate surface area is 163 Å². The lowest BCUT2D eigenvalue weighted by molar-refractivity contribution is 0.0531. The van der Waals surface area contributed by atoms with E-state index in [1.54, 1.807) is 19.3 Å². The number of nitrogens with zero attached hydrogens (tertiary/aromatic N) is 5. The van der Waals surface area contributed by atoms with Gasteiger partial charge >= 0.3 is 5.97 Å². The third-order valence-electron chi connectivity index (χ3n) is 4.00. The van der Waals surface area contributed by atoms with Crippen molar-refractivity contribution in [3.63, 3.8) is 0 Å². The molecule has 4 aromatic rings. The van der Waals surface area contributed by atoms with Gasteiger partial charge in [-0.05, 0) is 31.5 Å². The summed E-state index contributed by atoms with van der Waals surface area (Å²) >= 11 is 1.29. The van der Waals surface area contributed by atoms with Crippen molar-refractivity contribution in [1.82, 2.24) is 25.1 Å². The first kappa shape index (κ1) is 18.0. The second-order valence-corrected chi connectivity index (χ2v) is 6.78. The van der Waals surface area contributed by atoms with Crippen LogP contribution in [0, 0.1) is 6.92 Å². The van der Waals surface area contributed by atoms with Crippen molar-refractivity contribution in [1.29, 1.82) is 0 Å². The fraction of sp³-hybridized carbons (Fsp3) is 0.222. The molecular formula is C18H16N6O3S. The summed E-state index contributed by atoms with van der Waals surface area (Å²) in [4.78, 5) is 30.3. The Hall–Kier alpha value is -3.40. The minimum absolute atomic E-state index is 0.286. The quantitative estimate of drug-likeness (QED) is 0.490. The van der Waals surface area contributed by atoms with Crippen molar-refractivity contribution < 1.29 is 14.1 Å². The van der Waals surface area contributed by atoms with Gasteiger partial charge in [-0.25, -0.2) is 14.8 Å². The van der Waals surface area contributed by atoms with Crippen molar-refractivity contribution in [3.8, 4) is 11.4 Å². The summed E-state index contributed by atoms with van der Waals surface area (Å²) in [7, 11) is 0. The lowest BCUT2D eigenvalue weighted by Gasteiger charge is -2.04. The number of fused-ring (bicyclic) bond motifs is 1. The van der Waals surface area contributed by atoms with Crippen molar-refractivity contribution in [2.45, 2.75) is 20.4 Å². The summed E-state index contributed by atoms with van der Waals surface area (Å²) in [5.74, 6) is 1.14. The number of carbonyl (C=O) groups is 1. The van der Waals surface area contributed by atoms with Gasteiger partial charge in [0, 0.05) is 18.0 Å². The van der Waals surface area contributed by atoms with Gasteiger partial charge in [0.25, 0.3) is 0 Å².